The van der Waals surface area contributed by atoms with E-state index in [2.05, 4.69) is 31.1 Å². The minimum absolute atomic E-state index is 0.0979. The molecule has 0 aromatic heterocycles. The van der Waals surface area contributed by atoms with E-state index >= 15 is 0 Å². The number of oxime groups is 1. The maximum atomic E-state index is 12.4. The van der Waals surface area contributed by atoms with Crippen molar-refractivity contribution in [2.24, 2.45) is 5.16 Å². The van der Waals surface area contributed by atoms with Crippen molar-refractivity contribution in [3.05, 3.63) is 90.0 Å². The second-order valence-electron chi connectivity index (χ2n) is 7.02. The summed E-state index contributed by atoms with van der Waals surface area (Å²) in [5.74, 6) is 0.381. The highest BCUT2D eigenvalue weighted by Gasteiger charge is 2.16. The lowest BCUT2D eigenvalue weighted by Gasteiger charge is -2.09. The van der Waals surface area contributed by atoms with Gasteiger partial charge in [0, 0.05) is 9.79 Å². The Hall–Kier alpha value is -2.57. The second kappa shape index (κ2) is 9.96. The fourth-order valence-electron chi connectivity index (χ4n) is 2.79. The molecule has 0 N–H and O–H groups in total. The molecule has 0 amide bonds. The lowest BCUT2D eigenvalue weighted by atomic mass is 9.99. The quantitative estimate of drug-likeness (QED) is 0.298. The van der Waals surface area contributed by atoms with Gasteiger partial charge in [-0.3, -0.25) is 4.28 Å². The van der Waals surface area contributed by atoms with Crippen LogP contribution < -0.4 is 0 Å². The molecule has 3 aromatic rings. The van der Waals surface area contributed by atoms with Crippen LogP contribution in [0.2, 0.25) is 0 Å². The number of nitrogens with zero attached hydrogens (tertiary/aromatic N) is 1. The van der Waals surface area contributed by atoms with E-state index in [0.29, 0.717) is 11.6 Å². The van der Waals surface area contributed by atoms with Crippen LogP contribution in [0.1, 0.15) is 44.2 Å². The van der Waals surface area contributed by atoms with Crippen molar-refractivity contribution >= 4 is 27.6 Å². The van der Waals surface area contributed by atoms with Gasteiger partial charge >= 0.3 is 10.1 Å². The Bertz CT molecular complexity index is 1090. The van der Waals surface area contributed by atoms with Gasteiger partial charge in [-0.05, 0) is 66.8 Å². The van der Waals surface area contributed by atoms with Gasteiger partial charge in [0.1, 0.15) is 4.90 Å². The van der Waals surface area contributed by atoms with E-state index in [0.717, 1.165) is 27.3 Å². The lowest BCUT2D eigenvalue weighted by molar-refractivity contribution is 0.338. The van der Waals surface area contributed by atoms with Gasteiger partial charge in [0.25, 0.3) is 0 Å². The molecule has 3 rings (SSSR count). The monoisotopic (exact) mass is 439 g/mol. The minimum Gasteiger partial charge on any atom is -0.265 e. The van der Waals surface area contributed by atoms with Crippen molar-refractivity contribution in [1.29, 1.82) is 0 Å². The van der Waals surface area contributed by atoms with E-state index in [1.807, 2.05) is 54.6 Å². The molecular formula is C24H25NO3S2. The van der Waals surface area contributed by atoms with E-state index in [4.69, 9.17) is 4.28 Å². The van der Waals surface area contributed by atoms with Crippen LogP contribution >= 0.6 is 11.8 Å². The van der Waals surface area contributed by atoms with Crippen LogP contribution in [0.4, 0.5) is 0 Å². The first-order valence-corrected chi connectivity index (χ1v) is 12.0. The van der Waals surface area contributed by atoms with Gasteiger partial charge in [-0.25, -0.2) is 0 Å². The maximum Gasteiger partial charge on any atom is 0.358 e. The third kappa shape index (κ3) is 5.74. The predicted octanol–water partition coefficient (Wildman–Crippen LogP) is 6.48. The fourth-order valence-corrected chi connectivity index (χ4v) is 4.39. The number of benzene rings is 3. The molecule has 1 atom stereocenters. The molecule has 3 aromatic carbocycles. The van der Waals surface area contributed by atoms with Gasteiger partial charge in [0.2, 0.25) is 0 Å². The summed E-state index contributed by atoms with van der Waals surface area (Å²) in [5, 5.41) is 3.85. The van der Waals surface area contributed by atoms with Gasteiger partial charge in [0.15, 0.2) is 0 Å². The molecule has 30 heavy (non-hydrogen) atoms. The van der Waals surface area contributed by atoms with Crippen molar-refractivity contribution in [3.8, 4) is 0 Å². The lowest BCUT2D eigenvalue weighted by Crippen LogP contribution is -2.05. The number of hydrogen-bond donors (Lipinski definition) is 0. The minimum atomic E-state index is -3.95. The van der Waals surface area contributed by atoms with Crippen LogP contribution in [0.25, 0.3) is 0 Å². The van der Waals surface area contributed by atoms with Crippen molar-refractivity contribution in [2.45, 2.75) is 47.8 Å². The summed E-state index contributed by atoms with van der Waals surface area (Å²) in [7, 11) is -3.95. The Labute approximate surface area is 183 Å². The van der Waals surface area contributed by atoms with E-state index in [1.165, 1.54) is 0 Å². The molecule has 156 valence electrons. The summed E-state index contributed by atoms with van der Waals surface area (Å²) in [6.45, 7) is 5.93. The van der Waals surface area contributed by atoms with Crippen LogP contribution in [-0.2, 0) is 14.4 Å². The smallest absolute Gasteiger partial charge is 0.265 e. The molecule has 0 fully saturated rings. The van der Waals surface area contributed by atoms with E-state index < -0.39 is 10.1 Å². The Morgan fingerprint density at radius 3 is 2.13 bits per heavy atom. The third-order valence-corrected chi connectivity index (χ3v) is 7.01. The fraction of sp³-hybridized carbons (Fsp3) is 0.208. The maximum absolute atomic E-state index is 12.4. The summed E-state index contributed by atoms with van der Waals surface area (Å²) in [5.41, 5.74) is 2.39. The molecule has 0 bridgehead atoms. The normalized spacial score (nSPS) is 13.1. The molecule has 0 saturated carbocycles. The highest BCUT2D eigenvalue weighted by molar-refractivity contribution is 7.99. The average Bonchev–Trinajstić information content (AvgIpc) is 2.78. The van der Waals surface area contributed by atoms with Crippen LogP contribution in [0.3, 0.4) is 0 Å². The molecule has 4 nitrogen and oxygen atoms in total. The predicted molar refractivity (Wildman–Crippen MR) is 123 cm³/mol. The van der Waals surface area contributed by atoms with E-state index in [-0.39, 0.29) is 4.90 Å². The molecule has 0 heterocycles. The zero-order chi connectivity index (χ0) is 21.6. The summed E-state index contributed by atoms with van der Waals surface area (Å²) >= 11 is 1.66. The Morgan fingerprint density at radius 2 is 1.53 bits per heavy atom. The van der Waals surface area contributed by atoms with Crippen LogP contribution in [0, 0.1) is 0 Å². The van der Waals surface area contributed by atoms with Crippen molar-refractivity contribution < 1.29 is 12.7 Å². The average molecular weight is 440 g/mol. The van der Waals surface area contributed by atoms with E-state index in [9.17, 15) is 8.42 Å². The summed E-state index contributed by atoms with van der Waals surface area (Å²) in [6.07, 6.45) is 0.995. The van der Waals surface area contributed by atoms with Gasteiger partial charge in [-0.1, -0.05) is 73.2 Å². The molecule has 6 heteroatoms. The second-order valence-corrected chi connectivity index (χ2v) is 9.70. The first kappa shape index (κ1) is 22.1. The largest absolute Gasteiger partial charge is 0.358 e. The van der Waals surface area contributed by atoms with Gasteiger partial charge < -0.3 is 0 Å². The first-order valence-electron chi connectivity index (χ1n) is 9.80. The highest BCUT2D eigenvalue weighted by atomic mass is 32.2. The number of hydrogen-bond acceptors (Lipinski definition) is 5. The van der Waals surface area contributed by atoms with Gasteiger partial charge in [-0.2, -0.15) is 8.42 Å². The summed E-state index contributed by atoms with van der Waals surface area (Å²) in [4.78, 5) is 2.35. The molecule has 0 saturated heterocycles. The summed E-state index contributed by atoms with van der Waals surface area (Å²) < 4.78 is 29.8. The molecule has 0 aliphatic carbocycles. The molecule has 0 aliphatic heterocycles. The molecule has 0 aliphatic rings. The third-order valence-electron chi connectivity index (χ3n) is 4.87. The Balaban J connectivity index is 1.67. The topological polar surface area (TPSA) is 55.7 Å². The zero-order valence-electron chi connectivity index (χ0n) is 17.3. The SMILES string of the molecule is CCC(C)c1ccc(S(=O)(=O)ON=C(C)c2ccc(Sc3ccccc3)cc2)cc1. The first-order chi connectivity index (χ1) is 14.4. The van der Waals surface area contributed by atoms with Gasteiger partial charge in [-0.15, -0.1) is 0 Å². The molecule has 1 unspecified atom stereocenters. The Kier molecular flexibility index (Phi) is 7.34. The van der Waals surface area contributed by atoms with Gasteiger partial charge in [0.05, 0.1) is 5.71 Å². The molecular weight excluding hydrogens is 414 g/mol. The van der Waals surface area contributed by atoms with Crippen LogP contribution in [0.15, 0.2) is 98.7 Å². The van der Waals surface area contributed by atoms with Crippen molar-refractivity contribution in [1.82, 2.24) is 0 Å². The van der Waals surface area contributed by atoms with E-state index in [1.54, 1.807) is 30.8 Å². The molecule has 0 radical (unpaired) electrons. The van der Waals surface area contributed by atoms with Crippen LogP contribution in [-0.4, -0.2) is 14.1 Å². The van der Waals surface area contributed by atoms with Crippen molar-refractivity contribution in [2.75, 3.05) is 0 Å². The number of rotatable bonds is 8. The Morgan fingerprint density at radius 1 is 0.933 bits per heavy atom. The summed E-state index contributed by atoms with van der Waals surface area (Å²) in [6, 6.07) is 24.7. The highest BCUT2D eigenvalue weighted by Crippen LogP contribution is 2.27. The molecule has 0 spiro atoms. The standard InChI is InChI=1S/C24H25NO3S2/c1-4-18(2)20-12-16-24(17-13-20)30(26,27)28-25-19(3)21-10-14-23(15-11-21)29-22-8-6-5-7-9-22/h5-18H,4H2,1-3H3. The van der Waals surface area contributed by atoms with Crippen molar-refractivity contribution in [3.63, 3.8) is 0 Å². The zero-order valence-corrected chi connectivity index (χ0v) is 18.9. The van der Waals surface area contributed by atoms with Crippen LogP contribution in [0.5, 0.6) is 0 Å².